The van der Waals surface area contributed by atoms with Crippen LogP contribution >= 0.6 is 0 Å². The second-order valence-corrected chi connectivity index (χ2v) is 6.37. The Bertz CT molecular complexity index is 967. The summed E-state index contributed by atoms with van der Waals surface area (Å²) in [4.78, 5) is 24.4. The molecule has 0 radical (unpaired) electrons. The first kappa shape index (κ1) is 18.6. The van der Waals surface area contributed by atoms with E-state index in [1.807, 2.05) is 24.3 Å². The smallest absolute Gasteiger partial charge is 0.309 e. The SMILES string of the molecule is CCCCc1nc(N)c2nc(O)n(Cc3cccc(CC(=O)OC)c3)c2n1. The van der Waals surface area contributed by atoms with Crippen LogP contribution in [0.15, 0.2) is 24.3 Å². The van der Waals surface area contributed by atoms with Crippen LogP contribution in [0.4, 0.5) is 5.82 Å². The van der Waals surface area contributed by atoms with Gasteiger partial charge in [-0.1, -0.05) is 37.6 Å². The van der Waals surface area contributed by atoms with Crippen LogP contribution in [-0.2, 0) is 28.9 Å². The van der Waals surface area contributed by atoms with Gasteiger partial charge in [0.1, 0.15) is 5.82 Å². The number of fused-ring (bicyclic) bond motifs is 1. The molecule has 0 unspecified atom stereocenters. The largest absolute Gasteiger partial charge is 0.480 e. The number of methoxy groups -OCH3 is 1. The van der Waals surface area contributed by atoms with Gasteiger partial charge in [-0.05, 0) is 17.5 Å². The number of imidazole rings is 1. The van der Waals surface area contributed by atoms with Gasteiger partial charge in [0.2, 0.25) is 0 Å². The van der Waals surface area contributed by atoms with Crippen LogP contribution in [0, 0.1) is 0 Å². The number of carbonyl (C=O) groups is 1. The molecule has 0 spiro atoms. The zero-order valence-corrected chi connectivity index (χ0v) is 15.5. The lowest BCUT2D eigenvalue weighted by atomic mass is 10.1. The first-order chi connectivity index (χ1) is 13.0. The van der Waals surface area contributed by atoms with E-state index in [9.17, 15) is 9.90 Å². The number of unbranched alkanes of at least 4 members (excludes halogenated alkanes) is 1. The Morgan fingerprint density at radius 3 is 2.78 bits per heavy atom. The van der Waals surface area contributed by atoms with E-state index >= 15 is 0 Å². The van der Waals surface area contributed by atoms with E-state index in [0.717, 1.165) is 30.4 Å². The number of hydrogen-bond donors (Lipinski definition) is 2. The summed E-state index contributed by atoms with van der Waals surface area (Å²) < 4.78 is 6.31. The molecular weight excluding hydrogens is 346 g/mol. The van der Waals surface area contributed by atoms with Crippen molar-refractivity contribution in [3.05, 3.63) is 41.2 Å². The number of rotatable bonds is 7. The maximum Gasteiger partial charge on any atom is 0.309 e. The summed E-state index contributed by atoms with van der Waals surface area (Å²) in [7, 11) is 1.36. The highest BCUT2D eigenvalue weighted by Gasteiger charge is 2.16. The van der Waals surface area contributed by atoms with Gasteiger partial charge in [-0.25, -0.2) is 9.97 Å². The van der Waals surface area contributed by atoms with Gasteiger partial charge in [0.25, 0.3) is 6.01 Å². The minimum Gasteiger partial charge on any atom is -0.480 e. The maximum atomic E-state index is 11.5. The molecule has 0 aliphatic heterocycles. The molecule has 2 aromatic heterocycles. The molecule has 1 aromatic carbocycles. The second kappa shape index (κ2) is 8.03. The van der Waals surface area contributed by atoms with Gasteiger partial charge in [0.15, 0.2) is 17.0 Å². The molecule has 0 bridgehead atoms. The van der Waals surface area contributed by atoms with E-state index in [2.05, 4.69) is 21.9 Å². The lowest BCUT2D eigenvalue weighted by Crippen LogP contribution is -2.07. The minimum atomic E-state index is -0.302. The van der Waals surface area contributed by atoms with Crippen molar-refractivity contribution in [1.82, 2.24) is 19.5 Å². The van der Waals surface area contributed by atoms with E-state index in [1.54, 1.807) is 4.57 Å². The topological polar surface area (TPSA) is 116 Å². The summed E-state index contributed by atoms with van der Waals surface area (Å²) in [5, 5.41) is 10.3. The fourth-order valence-corrected chi connectivity index (χ4v) is 2.91. The average Bonchev–Trinajstić information content (AvgIpc) is 2.96. The Morgan fingerprint density at radius 1 is 1.26 bits per heavy atom. The molecule has 3 N–H and O–H groups in total. The number of carbonyl (C=O) groups excluding carboxylic acids is 1. The van der Waals surface area contributed by atoms with Crippen molar-refractivity contribution in [3.8, 4) is 6.01 Å². The van der Waals surface area contributed by atoms with E-state index in [-0.39, 0.29) is 24.2 Å². The molecule has 8 heteroatoms. The number of anilines is 1. The lowest BCUT2D eigenvalue weighted by molar-refractivity contribution is -0.139. The molecule has 27 heavy (non-hydrogen) atoms. The van der Waals surface area contributed by atoms with Gasteiger partial charge in [0, 0.05) is 6.42 Å². The van der Waals surface area contributed by atoms with Gasteiger partial charge >= 0.3 is 5.97 Å². The Balaban J connectivity index is 1.94. The Hall–Kier alpha value is -3.16. The van der Waals surface area contributed by atoms with Crippen molar-refractivity contribution in [2.45, 2.75) is 39.2 Å². The van der Waals surface area contributed by atoms with E-state index < -0.39 is 0 Å². The third-order valence-corrected chi connectivity index (χ3v) is 4.31. The van der Waals surface area contributed by atoms with Crippen molar-refractivity contribution in [1.29, 1.82) is 0 Å². The monoisotopic (exact) mass is 369 g/mol. The van der Waals surface area contributed by atoms with Gasteiger partial charge in [-0.3, -0.25) is 9.36 Å². The summed E-state index contributed by atoms with van der Waals surface area (Å²) in [5.74, 6) is 0.603. The van der Waals surface area contributed by atoms with Crippen molar-refractivity contribution < 1.29 is 14.6 Å². The molecule has 8 nitrogen and oxygen atoms in total. The van der Waals surface area contributed by atoms with Gasteiger partial charge in [-0.2, -0.15) is 4.98 Å². The number of aromatic hydroxyl groups is 1. The van der Waals surface area contributed by atoms with Crippen molar-refractivity contribution in [2.24, 2.45) is 0 Å². The molecule has 0 amide bonds. The van der Waals surface area contributed by atoms with Crippen molar-refractivity contribution in [2.75, 3.05) is 12.8 Å². The van der Waals surface area contributed by atoms with E-state index in [1.165, 1.54) is 7.11 Å². The fraction of sp³-hybridized carbons (Fsp3) is 0.368. The molecule has 2 heterocycles. The van der Waals surface area contributed by atoms with Crippen LogP contribution in [0.2, 0.25) is 0 Å². The van der Waals surface area contributed by atoms with Crippen LogP contribution in [-0.4, -0.2) is 37.7 Å². The summed E-state index contributed by atoms with van der Waals surface area (Å²) in [6.07, 6.45) is 2.90. The van der Waals surface area contributed by atoms with Crippen LogP contribution in [0.3, 0.4) is 0 Å². The van der Waals surface area contributed by atoms with Crippen LogP contribution in [0.25, 0.3) is 11.2 Å². The van der Waals surface area contributed by atoms with Gasteiger partial charge < -0.3 is 15.6 Å². The molecule has 3 rings (SSSR count). The summed E-state index contributed by atoms with van der Waals surface area (Å²) in [5.41, 5.74) is 8.64. The molecule has 0 saturated heterocycles. The number of nitrogen functional groups attached to an aromatic ring is 1. The molecular formula is C19H23N5O3. The van der Waals surface area contributed by atoms with Crippen LogP contribution < -0.4 is 5.73 Å². The number of nitrogens with two attached hydrogens (primary N) is 1. The molecule has 0 aliphatic rings. The number of nitrogens with zero attached hydrogens (tertiary/aromatic N) is 4. The lowest BCUT2D eigenvalue weighted by Gasteiger charge is -2.08. The Labute approximate surface area is 157 Å². The predicted octanol–water partition coefficient (Wildman–Crippen LogP) is 2.22. The average molecular weight is 369 g/mol. The summed E-state index contributed by atoms with van der Waals surface area (Å²) in [6.45, 7) is 2.44. The zero-order valence-electron chi connectivity index (χ0n) is 15.5. The van der Waals surface area contributed by atoms with E-state index in [0.29, 0.717) is 23.5 Å². The standard InChI is InChI=1S/C19H23N5O3/c1-3-4-8-14-21-17(20)16-18(22-14)24(19(26)23-16)11-13-7-5-6-12(9-13)10-15(25)27-2/h5-7,9H,3-4,8,10-11H2,1-2H3,(H,23,26)(H2,20,21,22). The van der Waals surface area contributed by atoms with Gasteiger partial charge in [0.05, 0.1) is 20.1 Å². The maximum absolute atomic E-state index is 11.5. The van der Waals surface area contributed by atoms with Crippen molar-refractivity contribution in [3.63, 3.8) is 0 Å². The minimum absolute atomic E-state index is 0.169. The van der Waals surface area contributed by atoms with Crippen LogP contribution in [0.1, 0.15) is 36.7 Å². The molecule has 0 fully saturated rings. The molecule has 3 aromatic rings. The number of aryl methyl sites for hydroxylation is 1. The second-order valence-electron chi connectivity index (χ2n) is 6.37. The number of hydrogen-bond acceptors (Lipinski definition) is 7. The number of benzene rings is 1. The summed E-state index contributed by atoms with van der Waals surface area (Å²) >= 11 is 0. The third kappa shape index (κ3) is 4.16. The predicted molar refractivity (Wildman–Crippen MR) is 101 cm³/mol. The molecule has 0 aliphatic carbocycles. The number of esters is 1. The zero-order chi connectivity index (χ0) is 19.4. The first-order valence-corrected chi connectivity index (χ1v) is 8.88. The normalized spacial score (nSPS) is 11.0. The highest BCUT2D eigenvalue weighted by molar-refractivity contribution is 5.82. The highest BCUT2D eigenvalue weighted by Crippen LogP contribution is 2.24. The third-order valence-electron chi connectivity index (χ3n) is 4.31. The Morgan fingerprint density at radius 2 is 2.04 bits per heavy atom. The quantitative estimate of drug-likeness (QED) is 0.613. The first-order valence-electron chi connectivity index (χ1n) is 8.88. The van der Waals surface area contributed by atoms with Crippen LogP contribution in [0.5, 0.6) is 6.01 Å². The fourth-order valence-electron chi connectivity index (χ4n) is 2.91. The molecule has 0 saturated carbocycles. The summed E-state index contributed by atoms with van der Waals surface area (Å²) in [6, 6.07) is 7.35. The number of aromatic nitrogens is 4. The van der Waals surface area contributed by atoms with Gasteiger partial charge in [-0.15, -0.1) is 0 Å². The Kier molecular flexibility index (Phi) is 5.54. The molecule has 0 atom stereocenters. The number of ether oxygens (including phenoxy) is 1. The molecule has 142 valence electrons. The highest BCUT2D eigenvalue weighted by atomic mass is 16.5. The van der Waals surface area contributed by atoms with Crippen molar-refractivity contribution >= 4 is 23.0 Å². The van der Waals surface area contributed by atoms with E-state index in [4.69, 9.17) is 10.5 Å².